The lowest BCUT2D eigenvalue weighted by molar-refractivity contribution is 1.02. The van der Waals surface area contributed by atoms with E-state index in [9.17, 15) is 0 Å². The zero-order valence-electron chi connectivity index (χ0n) is 6.41. The van der Waals surface area contributed by atoms with Crippen molar-refractivity contribution >= 4 is 5.69 Å². The molecule has 0 aliphatic heterocycles. The molecule has 0 aliphatic carbocycles. The number of benzene rings is 1. The van der Waals surface area contributed by atoms with Crippen LogP contribution in [0, 0.1) is 17.5 Å². The molecular formula is C9H9N2. The number of para-hydroxylation sites is 1. The summed E-state index contributed by atoms with van der Waals surface area (Å²) in [6, 6.07) is 10.4. The Hall–Kier alpha value is -1.49. The zero-order chi connectivity index (χ0) is 8.10. The van der Waals surface area contributed by atoms with Crippen LogP contribution in [0.3, 0.4) is 0 Å². The van der Waals surface area contributed by atoms with Crippen LogP contribution >= 0.6 is 0 Å². The molecule has 0 aromatic heterocycles. The van der Waals surface area contributed by atoms with Crippen molar-refractivity contribution in [1.29, 1.82) is 5.26 Å². The van der Waals surface area contributed by atoms with Gasteiger partial charge in [0.1, 0.15) is 0 Å². The Labute approximate surface area is 66.7 Å². The van der Waals surface area contributed by atoms with Gasteiger partial charge in [-0.1, -0.05) is 18.2 Å². The van der Waals surface area contributed by atoms with E-state index >= 15 is 0 Å². The van der Waals surface area contributed by atoms with Crippen LogP contribution in [-0.2, 0) is 0 Å². The van der Waals surface area contributed by atoms with Gasteiger partial charge in [-0.2, -0.15) is 5.26 Å². The van der Waals surface area contributed by atoms with Crippen LogP contribution in [0.25, 0.3) is 0 Å². The number of hydrogen-bond acceptors (Lipinski definition) is 2. The SMILES string of the molecule is CCN(C#N)c1[c]cccc1. The molecular weight excluding hydrogens is 136 g/mol. The van der Waals surface area contributed by atoms with Gasteiger partial charge in [-0.3, -0.25) is 4.90 Å². The van der Waals surface area contributed by atoms with Gasteiger partial charge in [0.25, 0.3) is 0 Å². The molecule has 0 spiro atoms. The molecule has 0 amide bonds. The fourth-order valence-corrected chi connectivity index (χ4v) is 0.847. The molecule has 2 nitrogen and oxygen atoms in total. The van der Waals surface area contributed by atoms with Crippen LogP contribution in [0.1, 0.15) is 6.92 Å². The van der Waals surface area contributed by atoms with Crippen LogP contribution in [-0.4, -0.2) is 6.54 Å². The van der Waals surface area contributed by atoms with Crippen LogP contribution in [0.4, 0.5) is 5.69 Å². The van der Waals surface area contributed by atoms with Gasteiger partial charge in [-0.15, -0.1) is 0 Å². The minimum Gasteiger partial charge on any atom is -0.279 e. The first-order valence-electron chi connectivity index (χ1n) is 3.52. The Morgan fingerprint density at radius 3 is 2.91 bits per heavy atom. The van der Waals surface area contributed by atoms with E-state index in [0.717, 1.165) is 5.69 Å². The van der Waals surface area contributed by atoms with E-state index in [4.69, 9.17) is 5.26 Å². The third-order valence-electron chi connectivity index (χ3n) is 1.42. The maximum atomic E-state index is 8.64. The summed E-state index contributed by atoms with van der Waals surface area (Å²) in [5, 5.41) is 8.64. The highest BCUT2D eigenvalue weighted by Crippen LogP contribution is 2.09. The lowest BCUT2D eigenvalue weighted by atomic mass is 10.3. The second-order valence-electron chi connectivity index (χ2n) is 2.09. The molecule has 0 atom stereocenters. The highest BCUT2D eigenvalue weighted by molar-refractivity contribution is 5.48. The normalized spacial score (nSPS) is 8.73. The van der Waals surface area contributed by atoms with E-state index < -0.39 is 0 Å². The largest absolute Gasteiger partial charge is 0.279 e. The van der Waals surface area contributed by atoms with Crippen molar-refractivity contribution in [3.8, 4) is 6.19 Å². The summed E-state index contributed by atoms with van der Waals surface area (Å²) in [6.07, 6.45) is 2.07. The Morgan fingerprint density at radius 1 is 1.64 bits per heavy atom. The minimum absolute atomic E-state index is 0.691. The van der Waals surface area contributed by atoms with Gasteiger partial charge in [0.2, 0.25) is 0 Å². The number of rotatable bonds is 2. The molecule has 1 rings (SSSR count). The second-order valence-corrected chi connectivity index (χ2v) is 2.09. The van der Waals surface area contributed by atoms with Crippen molar-refractivity contribution in [3.63, 3.8) is 0 Å². The summed E-state index contributed by atoms with van der Waals surface area (Å²) in [6.45, 7) is 2.63. The summed E-state index contributed by atoms with van der Waals surface area (Å²) in [7, 11) is 0. The summed E-state index contributed by atoms with van der Waals surface area (Å²) < 4.78 is 0. The molecule has 0 unspecified atom stereocenters. The first kappa shape index (κ1) is 7.62. The number of nitrogens with zero attached hydrogens (tertiary/aromatic N) is 2. The average Bonchev–Trinajstić information content (AvgIpc) is 2.09. The maximum Gasteiger partial charge on any atom is 0.184 e. The molecule has 0 saturated heterocycles. The Balaban J connectivity index is 2.85. The van der Waals surface area contributed by atoms with Crippen molar-refractivity contribution in [3.05, 3.63) is 30.3 Å². The molecule has 2 heteroatoms. The van der Waals surface area contributed by atoms with Gasteiger partial charge >= 0.3 is 0 Å². The molecule has 0 heterocycles. The molecule has 1 radical (unpaired) electrons. The fraction of sp³-hybridized carbons (Fsp3) is 0.222. The molecule has 11 heavy (non-hydrogen) atoms. The average molecular weight is 145 g/mol. The first-order valence-corrected chi connectivity index (χ1v) is 3.52. The quantitative estimate of drug-likeness (QED) is 0.468. The number of nitriles is 1. The van der Waals surface area contributed by atoms with E-state index in [2.05, 4.69) is 12.3 Å². The van der Waals surface area contributed by atoms with Gasteiger partial charge in [0, 0.05) is 12.6 Å². The Kier molecular flexibility index (Phi) is 2.51. The molecule has 0 bridgehead atoms. The number of anilines is 1. The molecule has 0 fully saturated rings. The molecule has 1 aromatic carbocycles. The van der Waals surface area contributed by atoms with Gasteiger partial charge in [0.15, 0.2) is 6.19 Å². The summed E-state index contributed by atoms with van der Waals surface area (Å²) in [5.74, 6) is 0. The predicted octanol–water partition coefficient (Wildman–Crippen LogP) is 1.79. The van der Waals surface area contributed by atoms with Crippen molar-refractivity contribution in [2.45, 2.75) is 6.92 Å². The van der Waals surface area contributed by atoms with E-state index in [0.29, 0.717) is 6.54 Å². The highest BCUT2D eigenvalue weighted by atomic mass is 15.1. The Bertz CT molecular complexity index is 248. The lowest BCUT2D eigenvalue weighted by Crippen LogP contribution is -2.14. The zero-order valence-corrected chi connectivity index (χ0v) is 6.41. The summed E-state index contributed by atoms with van der Waals surface area (Å²) in [5.41, 5.74) is 0.831. The van der Waals surface area contributed by atoms with E-state index in [1.807, 2.05) is 25.1 Å². The van der Waals surface area contributed by atoms with Crippen LogP contribution < -0.4 is 4.90 Å². The topological polar surface area (TPSA) is 27.0 Å². The van der Waals surface area contributed by atoms with Crippen molar-refractivity contribution < 1.29 is 0 Å². The molecule has 0 aliphatic rings. The van der Waals surface area contributed by atoms with Crippen LogP contribution in [0.2, 0.25) is 0 Å². The fourth-order valence-electron chi connectivity index (χ4n) is 0.847. The predicted molar refractivity (Wildman–Crippen MR) is 43.9 cm³/mol. The maximum absolute atomic E-state index is 8.64. The van der Waals surface area contributed by atoms with Crippen LogP contribution in [0.5, 0.6) is 0 Å². The monoisotopic (exact) mass is 145 g/mol. The van der Waals surface area contributed by atoms with Gasteiger partial charge in [0.05, 0.1) is 5.69 Å². The first-order chi connectivity index (χ1) is 5.38. The van der Waals surface area contributed by atoms with E-state index in [1.54, 1.807) is 11.0 Å². The lowest BCUT2D eigenvalue weighted by Gasteiger charge is -2.10. The van der Waals surface area contributed by atoms with Crippen molar-refractivity contribution in [2.24, 2.45) is 0 Å². The standard InChI is InChI=1S/C9H9N2/c1-2-11(8-10)9-6-4-3-5-7-9/h3-6H,2H2,1H3. The molecule has 0 saturated carbocycles. The highest BCUT2D eigenvalue weighted by Gasteiger charge is 1.99. The minimum atomic E-state index is 0.691. The summed E-state index contributed by atoms with van der Waals surface area (Å²) >= 11 is 0. The number of hydrogen-bond donors (Lipinski definition) is 0. The third kappa shape index (κ3) is 1.71. The van der Waals surface area contributed by atoms with E-state index in [-0.39, 0.29) is 0 Å². The summed E-state index contributed by atoms with van der Waals surface area (Å²) in [4.78, 5) is 1.58. The third-order valence-corrected chi connectivity index (χ3v) is 1.42. The van der Waals surface area contributed by atoms with Gasteiger partial charge in [-0.25, -0.2) is 0 Å². The molecule has 55 valence electrons. The Morgan fingerprint density at radius 2 is 2.45 bits per heavy atom. The van der Waals surface area contributed by atoms with Crippen molar-refractivity contribution in [1.82, 2.24) is 0 Å². The smallest absolute Gasteiger partial charge is 0.184 e. The van der Waals surface area contributed by atoms with Crippen molar-refractivity contribution in [2.75, 3.05) is 11.4 Å². The van der Waals surface area contributed by atoms with Gasteiger partial charge < -0.3 is 0 Å². The van der Waals surface area contributed by atoms with Crippen LogP contribution in [0.15, 0.2) is 24.3 Å². The van der Waals surface area contributed by atoms with Gasteiger partial charge in [-0.05, 0) is 13.0 Å². The molecule has 0 N–H and O–H groups in total. The van der Waals surface area contributed by atoms with E-state index in [1.165, 1.54) is 0 Å². The molecule has 1 aromatic rings. The second kappa shape index (κ2) is 3.62.